The van der Waals surface area contributed by atoms with Crippen LogP contribution < -0.4 is 15.8 Å². The SMILES string of the molecule is O=Cc1cc2c(cc1N1CCCNC1=O)CN(C(=O)c1c(Sc3c(Cl)cccc3Cl)cc(C(F)(F)Cl)[nH]c1=O)C2. The quantitative estimate of drug-likeness (QED) is 0.258. The number of carbonyl (C=O) groups excluding carboxylic acids is 3. The Labute approximate surface area is 245 Å². The first kappa shape index (κ1) is 28.4. The smallest absolute Gasteiger partial charge is 0.338 e. The molecule has 3 amide bonds. The minimum absolute atomic E-state index is 0.0469. The molecule has 2 aliphatic heterocycles. The number of amides is 3. The van der Waals surface area contributed by atoms with Crippen LogP contribution in [0.25, 0.3) is 0 Å². The molecule has 1 fully saturated rings. The van der Waals surface area contributed by atoms with Gasteiger partial charge in [0.15, 0.2) is 6.29 Å². The molecule has 0 spiro atoms. The van der Waals surface area contributed by atoms with Crippen LogP contribution >= 0.6 is 46.6 Å². The molecule has 40 heavy (non-hydrogen) atoms. The number of pyridine rings is 1. The second kappa shape index (κ2) is 11.0. The van der Waals surface area contributed by atoms with Crippen LogP contribution in [0.3, 0.4) is 0 Å². The molecule has 8 nitrogen and oxygen atoms in total. The van der Waals surface area contributed by atoms with E-state index in [1.165, 1.54) is 21.9 Å². The number of alkyl halides is 3. The van der Waals surface area contributed by atoms with Gasteiger partial charge in [-0.15, -0.1) is 0 Å². The van der Waals surface area contributed by atoms with E-state index in [1.54, 1.807) is 18.2 Å². The van der Waals surface area contributed by atoms with Gasteiger partial charge in [0, 0.05) is 41.5 Å². The van der Waals surface area contributed by atoms with Crippen molar-refractivity contribution in [2.45, 2.75) is 34.7 Å². The fourth-order valence-corrected chi connectivity index (χ4v) is 6.35. The summed E-state index contributed by atoms with van der Waals surface area (Å²) in [5.41, 5.74) is -0.339. The number of H-pyrrole nitrogens is 1. The van der Waals surface area contributed by atoms with Crippen LogP contribution in [0.15, 0.2) is 51.0 Å². The highest BCUT2D eigenvalue weighted by Crippen LogP contribution is 2.42. The third-order valence-electron chi connectivity index (χ3n) is 6.50. The molecule has 0 saturated carbocycles. The van der Waals surface area contributed by atoms with Crippen LogP contribution in [-0.4, -0.2) is 41.2 Å². The number of benzene rings is 2. The first-order chi connectivity index (χ1) is 19.0. The summed E-state index contributed by atoms with van der Waals surface area (Å²) in [4.78, 5) is 56.0. The fourth-order valence-electron chi connectivity index (χ4n) is 4.61. The summed E-state index contributed by atoms with van der Waals surface area (Å²) in [6, 6.07) is 8.53. The van der Waals surface area contributed by atoms with Crippen molar-refractivity contribution in [3.63, 3.8) is 0 Å². The van der Waals surface area contributed by atoms with E-state index in [1.807, 2.05) is 4.98 Å². The van der Waals surface area contributed by atoms with Gasteiger partial charge in [0.1, 0.15) is 11.3 Å². The molecule has 2 N–H and O–H groups in total. The minimum atomic E-state index is -3.91. The van der Waals surface area contributed by atoms with Crippen molar-refractivity contribution in [1.29, 1.82) is 0 Å². The van der Waals surface area contributed by atoms with Gasteiger partial charge in [0.05, 0.1) is 15.7 Å². The van der Waals surface area contributed by atoms with Gasteiger partial charge in [-0.3, -0.25) is 19.3 Å². The lowest BCUT2D eigenvalue weighted by molar-refractivity contribution is 0.0740. The highest BCUT2D eigenvalue weighted by Gasteiger charge is 2.35. The van der Waals surface area contributed by atoms with Gasteiger partial charge in [0.25, 0.3) is 11.5 Å². The maximum absolute atomic E-state index is 14.0. The topological polar surface area (TPSA) is 103 Å². The summed E-state index contributed by atoms with van der Waals surface area (Å²) in [5, 5.41) is -0.784. The maximum Gasteiger partial charge on any atom is 0.362 e. The number of fused-ring (bicyclic) bond motifs is 1. The summed E-state index contributed by atoms with van der Waals surface area (Å²) in [7, 11) is 0. The van der Waals surface area contributed by atoms with Crippen LogP contribution in [0.5, 0.6) is 0 Å². The summed E-state index contributed by atoms with van der Waals surface area (Å²) < 4.78 is 28.0. The highest BCUT2D eigenvalue weighted by molar-refractivity contribution is 7.99. The van der Waals surface area contributed by atoms with Crippen molar-refractivity contribution in [2.24, 2.45) is 0 Å². The zero-order valence-electron chi connectivity index (χ0n) is 20.4. The Bertz CT molecular complexity index is 1590. The molecule has 5 rings (SSSR count). The molecular weight excluding hydrogens is 609 g/mol. The van der Waals surface area contributed by atoms with Crippen molar-refractivity contribution >= 4 is 70.5 Å². The summed E-state index contributed by atoms with van der Waals surface area (Å²) in [6.45, 7) is 1.05. The molecule has 0 unspecified atom stereocenters. The zero-order chi connectivity index (χ0) is 28.8. The van der Waals surface area contributed by atoms with E-state index in [2.05, 4.69) is 5.32 Å². The molecule has 3 aromatic rings. The van der Waals surface area contributed by atoms with E-state index in [4.69, 9.17) is 34.8 Å². The Morgan fingerprint density at radius 3 is 2.38 bits per heavy atom. The number of nitrogens with zero attached hydrogens (tertiary/aromatic N) is 2. The van der Waals surface area contributed by atoms with Gasteiger partial charge in [-0.05, 0) is 59.5 Å². The summed E-state index contributed by atoms with van der Waals surface area (Å²) in [6.07, 6.45) is 1.33. The normalized spacial score (nSPS) is 15.2. The number of hydrogen-bond donors (Lipinski definition) is 2. The first-order valence-corrected chi connectivity index (χ1v) is 13.8. The van der Waals surface area contributed by atoms with Gasteiger partial charge < -0.3 is 15.2 Å². The minimum Gasteiger partial charge on any atom is -0.338 e. The molecule has 14 heteroatoms. The number of aromatic nitrogens is 1. The monoisotopic (exact) mass is 626 g/mol. The van der Waals surface area contributed by atoms with Gasteiger partial charge >= 0.3 is 11.4 Å². The standard InChI is InChI=1S/C26H19Cl3F2N4O4S/c27-16-3-1-4-17(28)22(16)40-19-9-20(26(29,30)31)33-23(37)21(19)24(38)34-10-13-7-15(12-36)18(8-14(13)11-34)35-6-2-5-32-25(35)39/h1,3-4,7-9,12H,2,5-6,10-11H2,(H,32,39)(H,33,37). The number of hydrogen-bond acceptors (Lipinski definition) is 5. The van der Waals surface area contributed by atoms with Crippen LogP contribution in [-0.2, 0) is 18.5 Å². The Hall–Kier alpha value is -3.12. The van der Waals surface area contributed by atoms with Gasteiger partial charge in [0.2, 0.25) is 0 Å². The van der Waals surface area contributed by atoms with Crippen LogP contribution in [0.4, 0.5) is 19.3 Å². The molecule has 208 valence electrons. The molecule has 1 saturated heterocycles. The molecule has 2 aromatic carbocycles. The molecule has 0 bridgehead atoms. The average molecular weight is 628 g/mol. The average Bonchev–Trinajstić information content (AvgIpc) is 3.32. The number of halogens is 5. The Balaban J connectivity index is 1.53. The predicted molar refractivity (Wildman–Crippen MR) is 148 cm³/mol. The van der Waals surface area contributed by atoms with Crippen molar-refractivity contribution in [1.82, 2.24) is 15.2 Å². The number of aldehydes is 1. The molecule has 3 heterocycles. The van der Waals surface area contributed by atoms with E-state index in [9.17, 15) is 28.0 Å². The molecule has 1 aromatic heterocycles. The number of carbonyl (C=O) groups is 3. The number of rotatable bonds is 6. The molecule has 0 atom stereocenters. The number of anilines is 1. The van der Waals surface area contributed by atoms with Crippen LogP contribution in [0, 0.1) is 0 Å². The first-order valence-electron chi connectivity index (χ1n) is 11.9. The molecule has 0 aliphatic carbocycles. The van der Waals surface area contributed by atoms with E-state index >= 15 is 0 Å². The van der Waals surface area contributed by atoms with Crippen molar-refractivity contribution in [3.05, 3.63) is 84.7 Å². The third kappa shape index (κ3) is 5.43. The number of aromatic amines is 1. The summed E-state index contributed by atoms with van der Waals surface area (Å²) >= 11 is 18.5. The van der Waals surface area contributed by atoms with Crippen LogP contribution in [0.1, 0.15) is 44.0 Å². The number of nitrogens with one attached hydrogen (secondary N) is 2. The molecule has 0 radical (unpaired) electrons. The third-order valence-corrected chi connectivity index (χ3v) is 8.75. The maximum atomic E-state index is 14.0. The second-order valence-electron chi connectivity index (χ2n) is 9.10. The largest absolute Gasteiger partial charge is 0.362 e. The van der Waals surface area contributed by atoms with Crippen molar-refractivity contribution in [2.75, 3.05) is 18.0 Å². The lowest BCUT2D eigenvalue weighted by atomic mass is 10.0. The molecular formula is C26H19Cl3F2N4O4S. The van der Waals surface area contributed by atoms with Crippen molar-refractivity contribution < 1.29 is 23.2 Å². The van der Waals surface area contributed by atoms with Gasteiger partial charge in [-0.1, -0.05) is 41.0 Å². The Morgan fingerprint density at radius 2 is 1.75 bits per heavy atom. The van der Waals surface area contributed by atoms with Crippen LogP contribution in [0.2, 0.25) is 10.0 Å². The van der Waals surface area contributed by atoms with Gasteiger partial charge in [-0.25, -0.2) is 4.79 Å². The van der Waals surface area contributed by atoms with Gasteiger partial charge in [-0.2, -0.15) is 8.78 Å². The zero-order valence-corrected chi connectivity index (χ0v) is 23.5. The summed E-state index contributed by atoms with van der Waals surface area (Å²) in [5.74, 6) is -0.738. The van der Waals surface area contributed by atoms with Crippen molar-refractivity contribution in [3.8, 4) is 0 Å². The van der Waals surface area contributed by atoms with E-state index in [0.717, 1.165) is 17.8 Å². The molecule has 2 aliphatic rings. The Kier molecular flexibility index (Phi) is 7.84. The fraction of sp³-hybridized carbons (Fsp3) is 0.231. The Morgan fingerprint density at radius 1 is 1.07 bits per heavy atom. The lowest BCUT2D eigenvalue weighted by Gasteiger charge is -2.28. The number of urea groups is 1. The lowest BCUT2D eigenvalue weighted by Crippen LogP contribution is -2.46. The predicted octanol–water partition coefficient (Wildman–Crippen LogP) is 6.01. The van der Waals surface area contributed by atoms with E-state index < -0.39 is 28.1 Å². The van der Waals surface area contributed by atoms with E-state index in [-0.39, 0.29) is 44.5 Å². The van der Waals surface area contributed by atoms with E-state index in [0.29, 0.717) is 42.6 Å². The second-order valence-corrected chi connectivity index (χ2v) is 11.4. The highest BCUT2D eigenvalue weighted by atomic mass is 35.5.